The minimum atomic E-state index is -1.74. The molecule has 0 radical (unpaired) electrons. The van der Waals surface area contributed by atoms with E-state index in [9.17, 15) is 4.79 Å². The molecule has 0 aliphatic heterocycles. The van der Waals surface area contributed by atoms with Crippen molar-refractivity contribution in [2.75, 3.05) is 0 Å². The molecule has 2 nitrogen and oxygen atoms in total. The first-order valence-electron chi connectivity index (χ1n) is 5.17. The van der Waals surface area contributed by atoms with E-state index in [1.807, 2.05) is 12.1 Å². The molecule has 0 bridgehead atoms. The summed E-state index contributed by atoms with van der Waals surface area (Å²) in [6, 6.07) is 3.87. The summed E-state index contributed by atoms with van der Waals surface area (Å²) < 4.78 is 0. The summed E-state index contributed by atoms with van der Waals surface area (Å²) in [6.07, 6.45) is 9.10. The summed E-state index contributed by atoms with van der Waals surface area (Å²) in [5.41, 5.74) is 0.0713. The van der Waals surface area contributed by atoms with Crippen LogP contribution in [0.5, 0.6) is 0 Å². The van der Waals surface area contributed by atoms with Crippen LogP contribution in [-0.4, -0.2) is 13.1 Å². The molecule has 1 aromatic rings. The van der Waals surface area contributed by atoms with Gasteiger partial charge in [-0.25, -0.2) is 0 Å². The Bertz CT molecular complexity index is 482. The van der Waals surface area contributed by atoms with Gasteiger partial charge in [0.1, 0.15) is 8.07 Å². The average molecular weight is 217 g/mol. The first-order chi connectivity index (χ1) is 7.12. The largest absolute Gasteiger partial charge is 0.329 e. The quantitative estimate of drug-likeness (QED) is 0.752. The second kappa shape index (κ2) is 3.66. The van der Waals surface area contributed by atoms with Crippen molar-refractivity contribution in [2.45, 2.75) is 19.5 Å². The van der Waals surface area contributed by atoms with Crippen LogP contribution in [0.15, 0.2) is 46.5 Å². The maximum absolute atomic E-state index is 11.8. The van der Waals surface area contributed by atoms with Gasteiger partial charge in [-0.3, -0.25) is 4.79 Å². The van der Waals surface area contributed by atoms with E-state index in [2.05, 4.69) is 36.3 Å². The van der Waals surface area contributed by atoms with Gasteiger partial charge in [-0.2, -0.15) is 0 Å². The normalized spacial score (nSPS) is 15.5. The molecule has 0 spiro atoms. The molecule has 0 aromatic carbocycles. The number of hydrogen-bond acceptors (Lipinski definition) is 1. The highest BCUT2D eigenvalue weighted by Gasteiger charge is 2.30. The topological polar surface area (TPSA) is 32.9 Å². The number of rotatable bonds is 2. The van der Waals surface area contributed by atoms with Gasteiger partial charge >= 0.3 is 0 Å². The van der Waals surface area contributed by atoms with Gasteiger partial charge in [0.2, 0.25) is 5.56 Å². The molecule has 15 heavy (non-hydrogen) atoms. The fourth-order valence-electron chi connectivity index (χ4n) is 2.00. The van der Waals surface area contributed by atoms with Gasteiger partial charge in [0, 0.05) is 11.4 Å². The van der Waals surface area contributed by atoms with Gasteiger partial charge in [0.15, 0.2) is 0 Å². The molecule has 0 atom stereocenters. The van der Waals surface area contributed by atoms with Crippen molar-refractivity contribution in [3.8, 4) is 0 Å². The SMILES string of the molecule is C[Si](C)(C1=CC=CC1)c1ccc[nH]c1=O. The van der Waals surface area contributed by atoms with Crippen LogP contribution in [0.25, 0.3) is 0 Å². The van der Waals surface area contributed by atoms with Crippen molar-refractivity contribution in [1.29, 1.82) is 0 Å². The summed E-state index contributed by atoms with van der Waals surface area (Å²) in [5, 5.41) is 2.40. The Morgan fingerprint density at radius 2 is 2.20 bits per heavy atom. The van der Waals surface area contributed by atoms with Gasteiger partial charge in [0.05, 0.1) is 0 Å². The molecular weight excluding hydrogens is 202 g/mol. The minimum absolute atomic E-state index is 0.0713. The second-order valence-corrected chi connectivity index (χ2v) is 8.79. The zero-order valence-corrected chi connectivity index (χ0v) is 10.1. The molecule has 1 N–H and O–H groups in total. The summed E-state index contributed by atoms with van der Waals surface area (Å²) in [5.74, 6) is 0. The first-order valence-corrected chi connectivity index (χ1v) is 8.17. The lowest BCUT2D eigenvalue weighted by Crippen LogP contribution is -2.51. The van der Waals surface area contributed by atoms with Gasteiger partial charge in [-0.1, -0.05) is 42.6 Å². The Labute approximate surface area is 90.4 Å². The predicted octanol–water partition coefficient (Wildman–Crippen LogP) is 1.72. The maximum atomic E-state index is 11.8. The fourth-order valence-corrected chi connectivity index (χ4v) is 4.64. The molecule has 1 aliphatic carbocycles. The Morgan fingerprint density at radius 1 is 1.40 bits per heavy atom. The van der Waals surface area contributed by atoms with E-state index in [4.69, 9.17) is 0 Å². The smallest absolute Gasteiger partial charge is 0.247 e. The number of aromatic amines is 1. The van der Waals surface area contributed by atoms with E-state index >= 15 is 0 Å². The number of pyridine rings is 1. The van der Waals surface area contributed by atoms with Crippen molar-refractivity contribution in [2.24, 2.45) is 0 Å². The maximum Gasteiger partial charge on any atom is 0.247 e. The zero-order valence-electron chi connectivity index (χ0n) is 9.08. The lowest BCUT2D eigenvalue weighted by atomic mass is 10.5. The Hall–Kier alpha value is -1.35. The molecule has 78 valence electrons. The van der Waals surface area contributed by atoms with Crippen LogP contribution in [0, 0.1) is 0 Å². The minimum Gasteiger partial charge on any atom is -0.329 e. The van der Waals surface area contributed by atoms with E-state index < -0.39 is 8.07 Å². The lowest BCUT2D eigenvalue weighted by Gasteiger charge is -2.23. The van der Waals surface area contributed by atoms with Gasteiger partial charge in [0.25, 0.3) is 0 Å². The van der Waals surface area contributed by atoms with E-state index in [-0.39, 0.29) is 5.56 Å². The Balaban J connectivity index is 2.46. The third kappa shape index (κ3) is 1.75. The zero-order chi connectivity index (χ0) is 10.9. The van der Waals surface area contributed by atoms with E-state index in [0.717, 1.165) is 11.6 Å². The second-order valence-electron chi connectivity index (χ2n) is 4.36. The molecule has 0 amide bonds. The van der Waals surface area contributed by atoms with Gasteiger partial charge < -0.3 is 4.98 Å². The van der Waals surface area contributed by atoms with Crippen LogP contribution < -0.4 is 10.7 Å². The van der Waals surface area contributed by atoms with Crippen molar-refractivity contribution < 1.29 is 0 Å². The van der Waals surface area contributed by atoms with Crippen LogP contribution in [0.4, 0.5) is 0 Å². The number of nitrogens with one attached hydrogen (secondary N) is 1. The van der Waals surface area contributed by atoms with Gasteiger partial charge in [-0.05, 0) is 12.5 Å². The average Bonchev–Trinajstić information content (AvgIpc) is 2.71. The van der Waals surface area contributed by atoms with Crippen LogP contribution in [0.1, 0.15) is 6.42 Å². The number of hydrogen-bond donors (Lipinski definition) is 1. The number of H-pyrrole nitrogens is 1. The first kappa shape index (κ1) is 10.2. The molecule has 1 heterocycles. The van der Waals surface area contributed by atoms with Crippen LogP contribution in [-0.2, 0) is 0 Å². The Kier molecular flexibility index (Phi) is 2.48. The fraction of sp³-hybridized carbons (Fsp3) is 0.250. The Morgan fingerprint density at radius 3 is 2.80 bits per heavy atom. The van der Waals surface area contributed by atoms with Crippen LogP contribution in [0.3, 0.4) is 0 Å². The summed E-state index contributed by atoms with van der Waals surface area (Å²) in [6.45, 7) is 4.47. The van der Waals surface area contributed by atoms with E-state index in [0.29, 0.717) is 0 Å². The number of allylic oxidation sites excluding steroid dienone is 4. The van der Waals surface area contributed by atoms with E-state index in [1.165, 1.54) is 5.20 Å². The van der Waals surface area contributed by atoms with Crippen molar-refractivity contribution in [3.63, 3.8) is 0 Å². The van der Waals surface area contributed by atoms with Crippen molar-refractivity contribution in [1.82, 2.24) is 4.98 Å². The lowest BCUT2D eigenvalue weighted by molar-refractivity contribution is 1.25. The molecule has 0 unspecified atom stereocenters. The third-order valence-corrected chi connectivity index (χ3v) is 6.78. The molecular formula is C12H15NOSi. The molecule has 0 saturated heterocycles. The molecule has 1 aromatic heterocycles. The van der Waals surface area contributed by atoms with Crippen molar-refractivity contribution in [3.05, 3.63) is 52.1 Å². The molecule has 0 fully saturated rings. The highest BCUT2D eigenvalue weighted by molar-refractivity contribution is 6.95. The van der Waals surface area contributed by atoms with Crippen LogP contribution >= 0.6 is 0 Å². The van der Waals surface area contributed by atoms with Crippen LogP contribution in [0.2, 0.25) is 13.1 Å². The molecule has 3 heteroatoms. The third-order valence-electron chi connectivity index (χ3n) is 3.07. The predicted molar refractivity (Wildman–Crippen MR) is 66.0 cm³/mol. The summed E-state index contributed by atoms with van der Waals surface area (Å²) in [7, 11) is -1.74. The van der Waals surface area contributed by atoms with E-state index in [1.54, 1.807) is 6.20 Å². The van der Waals surface area contributed by atoms with Crippen molar-refractivity contribution >= 4 is 13.3 Å². The number of aromatic nitrogens is 1. The molecule has 1 aliphatic rings. The summed E-state index contributed by atoms with van der Waals surface area (Å²) >= 11 is 0. The molecule has 2 rings (SSSR count). The monoisotopic (exact) mass is 217 g/mol. The highest BCUT2D eigenvalue weighted by atomic mass is 28.3. The highest BCUT2D eigenvalue weighted by Crippen LogP contribution is 2.21. The summed E-state index contributed by atoms with van der Waals surface area (Å²) in [4.78, 5) is 14.5. The molecule has 0 saturated carbocycles. The standard InChI is InChI=1S/C12H15NOSi/c1-15(2,10-6-3-4-7-10)11-8-5-9-13-12(11)14/h3-6,8-9H,7H2,1-2H3,(H,13,14). The van der Waals surface area contributed by atoms with Gasteiger partial charge in [-0.15, -0.1) is 0 Å².